The summed E-state index contributed by atoms with van der Waals surface area (Å²) < 4.78 is 24.2. The van der Waals surface area contributed by atoms with Crippen molar-refractivity contribution in [1.82, 2.24) is 4.98 Å². The van der Waals surface area contributed by atoms with Gasteiger partial charge in [0.05, 0.1) is 7.11 Å². The Bertz CT molecular complexity index is 1090. The van der Waals surface area contributed by atoms with Gasteiger partial charge in [0.25, 0.3) is 0 Å². The van der Waals surface area contributed by atoms with Crippen LogP contribution in [0.1, 0.15) is 10.5 Å². The van der Waals surface area contributed by atoms with E-state index in [4.69, 9.17) is 20.3 Å². The Balaban J connectivity index is 1.95. The highest BCUT2D eigenvalue weighted by Gasteiger charge is 2.27. The van der Waals surface area contributed by atoms with E-state index < -0.39 is 35.1 Å². The fourth-order valence-corrected chi connectivity index (χ4v) is 2.54. The van der Waals surface area contributed by atoms with Gasteiger partial charge < -0.3 is 25.4 Å². The number of hydrogen-bond donors (Lipinski definition) is 3. The molecule has 144 valence electrons. The normalized spacial score (nSPS) is 11.8. The molecule has 0 aliphatic rings. The minimum Gasteiger partial charge on any atom is -0.505 e. The summed E-state index contributed by atoms with van der Waals surface area (Å²) in [6.07, 6.45) is 1.27. The maximum atomic E-state index is 13.6. The Morgan fingerprint density at radius 2 is 1.86 bits per heavy atom. The van der Waals surface area contributed by atoms with E-state index in [2.05, 4.69) is 4.98 Å². The van der Waals surface area contributed by atoms with E-state index in [0.717, 1.165) is 0 Å². The zero-order chi connectivity index (χ0) is 20.4. The largest absolute Gasteiger partial charge is 0.505 e. The summed E-state index contributed by atoms with van der Waals surface area (Å²) in [6.45, 7) is 0. The van der Waals surface area contributed by atoms with Gasteiger partial charge in [0.2, 0.25) is 5.78 Å². The number of ether oxygens (including phenoxy) is 2. The number of carbonyl (C=O) groups is 2. The minimum absolute atomic E-state index is 0.201. The fraction of sp³-hybridized carbons (Fsp3) is 0.105. The summed E-state index contributed by atoms with van der Waals surface area (Å²) in [5.74, 6) is -2.76. The lowest BCUT2D eigenvalue weighted by molar-refractivity contribution is -0.137. The van der Waals surface area contributed by atoms with E-state index in [1.807, 2.05) is 0 Å². The Kier molecular flexibility index (Phi) is 5.10. The van der Waals surface area contributed by atoms with E-state index >= 15 is 0 Å². The number of methoxy groups -OCH3 is 1. The minimum atomic E-state index is -1.83. The van der Waals surface area contributed by atoms with Crippen LogP contribution in [0.5, 0.6) is 23.0 Å². The van der Waals surface area contributed by atoms with E-state index in [-0.39, 0.29) is 16.9 Å². The van der Waals surface area contributed by atoms with Gasteiger partial charge in [-0.15, -0.1) is 0 Å². The van der Waals surface area contributed by atoms with Crippen molar-refractivity contribution in [3.8, 4) is 23.0 Å². The first-order valence-corrected chi connectivity index (χ1v) is 7.97. The van der Waals surface area contributed by atoms with Gasteiger partial charge in [0, 0.05) is 35.2 Å². The summed E-state index contributed by atoms with van der Waals surface area (Å²) in [6, 6.07) is 6.52. The highest BCUT2D eigenvalue weighted by Crippen LogP contribution is 2.33. The highest BCUT2D eigenvalue weighted by atomic mass is 19.1. The Labute approximate surface area is 157 Å². The third-order valence-electron chi connectivity index (χ3n) is 3.93. The van der Waals surface area contributed by atoms with E-state index in [1.54, 1.807) is 0 Å². The quantitative estimate of drug-likeness (QED) is 0.435. The van der Waals surface area contributed by atoms with Crippen molar-refractivity contribution in [1.29, 1.82) is 0 Å². The maximum Gasteiger partial charge on any atom is 0.328 e. The van der Waals surface area contributed by atoms with Gasteiger partial charge in [-0.3, -0.25) is 9.59 Å². The van der Waals surface area contributed by atoms with Crippen molar-refractivity contribution in [3.63, 3.8) is 0 Å². The molecule has 0 bridgehead atoms. The number of aliphatic carboxylic acids is 1. The van der Waals surface area contributed by atoms with Crippen LogP contribution >= 0.6 is 0 Å². The predicted octanol–water partition coefficient (Wildman–Crippen LogP) is 2.47. The summed E-state index contributed by atoms with van der Waals surface area (Å²) in [5.41, 5.74) is 4.85. The number of benzene rings is 2. The standard InChI is InChI=1S/C19H15FN2O6/c1-27-12-5-10(20)6-13(7-12)28-11-2-3-14-9(4-11)8-22-16(17(14)23)18(24)15(21)19(25)26/h2-8,15,23H,21H2,1H3,(H,25,26). The second-order valence-electron chi connectivity index (χ2n) is 5.81. The van der Waals surface area contributed by atoms with Crippen LogP contribution in [0, 0.1) is 5.82 Å². The molecule has 1 atom stereocenters. The molecule has 3 aromatic rings. The molecular formula is C19H15FN2O6. The van der Waals surface area contributed by atoms with Crippen LogP contribution in [0.3, 0.4) is 0 Å². The number of ketones is 1. The summed E-state index contributed by atoms with van der Waals surface area (Å²) in [5, 5.41) is 19.8. The summed E-state index contributed by atoms with van der Waals surface area (Å²) in [7, 11) is 1.40. The molecular weight excluding hydrogens is 371 g/mol. The van der Waals surface area contributed by atoms with Crippen molar-refractivity contribution >= 4 is 22.5 Å². The molecule has 1 heterocycles. The number of nitrogens with two attached hydrogens (primary N) is 1. The zero-order valence-electron chi connectivity index (χ0n) is 14.5. The zero-order valence-corrected chi connectivity index (χ0v) is 14.5. The molecule has 1 unspecified atom stereocenters. The fourth-order valence-electron chi connectivity index (χ4n) is 2.54. The number of carbonyl (C=O) groups excluding carboxylic acids is 1. The first kappa shape index (κ1) is 19.1. The molecule has 28 heavy (non-hydrogen) atoms. The second-order valence-corrected chi connectivity index (χ2v) is 5.81. The topological polar surface area (TPSA) is 132 Å². The molecule has 0 spiro atoms. The third-order valence-corrected chi connectivity index (χ3v) is 3.93. The number of aromatic hydroxyl groups is 1. The van der Waals surface area contributed by atoms with Gasteiger partial charge in [-0.25, -0.2) is 9.37 Å². The Morgan fingerprint density at radius 1 is 1.14 bits per heavy atom. The van der Waals surface area contributed by atoms with Gasteiger partial charge >= 0.3 is 5.97 Å². The Hall–Kier alpha value is -3.72. The monoisotopic (exact) mass is 386 g/mol. The second kappa shape index (κ2) is 7.49. The van der Waals surface area contributed by atoms with E-state index in [1.165, 1.54) is 49.7 Å². The number of Topliss-reactive ketones (excluding diaryl/α,β-unsaturated/α-hetero) is 1. The molecule has 0 saturated carbocycles. The molecule has 0 fully saturated rings. The number of carboxylic acid groups (broad SMARTS) is 1. The number of nitrogens with zero attached hydrogens (tertiary/aromatic N) is 1. The molecule has 9 heteroatoms. The number of halogens is 1. The van der Waals surface area contributed by atoms with Gasteiger partial charge in [0.15, 0.2) is 17.5 Å². The van der Waals surface area contributed by atoms with Crippen molar-refractivity contribution in [3.05, 3.63) is 54.1 Å². The lowest BCUT2D eigenvalue weighted by Crippen LogP contribution is -2.38. The summed E-state index contributed by atoms with van der Waals surface area (Å²) >= 11 is 0. The van der Waals surface area contributed by atoms with Crippen molar-refractivity contribution in [2.75, 3.05) is 7.11 Å². The molecule has 3 rings (SSSR count). The number of pyridine rings is 1. The lowest BCUT2D eigenvalue weighted by Gasteiger charge is -2.11. The molecule has 0 amide bonds. The van der Waals surface area contributed by atoms with Crippen LogP contribution in [0.2, 0.25) is 0 Å². The molecule has 2 aromatic carbocycles. The third kappa shape index (κ3) is 3.69. The van der Waals surface area contributed by atoms with Crippen LogP contribution in [0.4, 0.5) is 4.39 Å². The first-order valence-electron chi connectivity index (χ1n) is 7.97. The number of carboxylic acids is 1. The predicted molar refractivity (Wildman–Crippen MR) is 96.4 cm³/mol. The molecule has 4 N–H and O–H groups in total. The van der Waals surface area contributed by atoms with Crippen molar-refractivity contribution in [2.45, 2.75) is 6.04 Å². The van der Waals surface area contributed by atoms with Crippen molar-refractivity contribution in [2.24, 2.45) is 5.73 Å². The first-order chi connectivity index (χ1) is 13.3. The van der Waals surface area contributed by atoms with Crippen LogP contribution in [-0.2, 0) is 4.79 Å². The van der Waals surface area contributed by atoms with Crippen LogP contribution in [0.25, 0.3) is 10.8 Å². The van der Waals surface area contributed by atoms with Crippen molar-refractivity contribution < 1.29 is 33.7 Å². The van der Waals surface area contributed by atoms with Gasteiger partial charge in [-0.2, -0.15) is 0 Å². The van der Waals surface area contributed by atoms with E-state index in [9.17, 15) is 19.1 Å². The number of hydrogen-bond acceptors (Lipinski definition) is 7. The summed E-state index contributed by atoms with van der Waals surface area (Å²) in [4.78, 5) is 26.7. The van der Waals surface area contributed by atoms with Gasteiger partial charge in [-0.05, 0) is 18.2 Å². The average Bonchev–Trinajstić information content (AvgIpc) is 2.66. The van der Waals surface area contributed by atoms with Crippen LogP contribution < -0.4 is 15.2 Å². The maximum absolute atomic E-state index is 13.6. The Morgan fingerprint density at radius 3 is 2.54 bits per heavy atom. The average molecular weight is 386 g/mol. The molecule has 1 aromatic heterocycles. The molecule has 0 saturated heterocycles. The van der Waals surface area contributed by atoms with E-state index in [0.29, 0.717) is 11.1 Å². The number of fused-ring (bicyclic) bond motifs is 1. The number of rotatable bonds is 6. The van der Waals surface area contributed by atoms with Crippen LogP contribution in [-0.4, -0.2) is 40.1 Å². The molecule has 0 aliphatic heterocycles. The highest BCUT2D eigenvalue weighted by molar-refractivity contribution is 6.13. The lowest BCUT2D eigenvalue weighted by atomic mass is 10.1. The smallest absolute Gasteiger partial charge is 0.328 e. The molecule has 0 radical (unpaired) electrons. The molecule has 8 nitrogen and oxygen atoms in total. The van der Waals surface area contributed by atoms with Gasteiger partial charge in [-0.1, -0.05) is 0 Å². The SMILES string of the molecule is COc1cc(F)cc(Oc2ccc3c(O)c(C(=O)C(N)C(=O)O)ncc3c2)c1. The molecule has 0 aliphatic carbocycles. The number of aromatic nitrogens is 1. The van der Waals surface area contributed by atoms with Crippen LogP contribution in [0.15, 0.2) is 42.6 Å². The van der Waals surface area contributed by atoms with Gasteiger partial charge in [0.1, 0.15) is 23.1 Å².